The van der Waals surface area contributed by atoms with Gasteiger partial charge in [-0.05, 0) is 23.6 Å². The van der Waals surface area contributed by atoms with Crippen LogP contribution in [0.5, 0.6) is 0 Å². The topological polar surface area (TPSA) is 130 Å². The Balaban J connectivity index is 1.20. The number of aromatic nitrogens is 5. The van der Waals surface area contributed by atoms with Crippen LogP contribution in [0.3, 0.4) is 0 Å². The van der Waals surface area contributed by atoms with E-state index in [2.05, 4.69) is 79.6 Å². The summed E-state index contributed by atoms with van der Waals surface area (Å²) in [5.41, 5.74) is 4.68. The van der Waals surface area contributed by atoms with Crippen LogP contribution in [0.1, 0.15) is 17.4 Å². The molecule has 190 valence electrons. The molecule has 0 amide bonds. The molecule has 1 fully saturated rings. The molecule has 10 nitrogen and oxygen atoms in total. The molecule has 0 aliphatic carbocycles. The highest BCUT2D eigenvalue weighted by molar-refractivity contribution is 5.85. The number of aliphatic hydroxyl groups is 3. The molecule has 4 heterocycles. The predicted molar refractivity (Wildman–Crippen MR) is 138 cm³/mol. The molecule has 1 aliphatic rings. The molecule has 0 radical (unpaired) electrons. The maximum atomic E-state index is 10.4. The lowest BCUT2D eigenvalue weighted by Gasteiger charge is -2.16. The molecule has 37 heavy (non-hydrogen) atoms. The summed E-state index contributed by atoms with van der Waals surface area (Å²) < 4.78 is 9.48. The first kappa shape index (κ1) is 23.6. The number of aliphatic hydroxyl groups excluding tert-OH is 3. The van der Waals surface area contributed by atoms with Crippen LogP contribution >= 0.6 is 0 Å². The van der Waals surface area contributed by atoms with Crippen molar-refractivity contribution < 1.29 is 20.1 Å². The number of fused-ring (bicyclic) bond motifs is 2. The van der Waals surface area contributed by atoms with Crippen LogP contribution in [0.25, 0.3) is 22.1 Å². The van der Waals surface area contributed by atoms with Crippen molar-refractivity contribution in [2.75, 3.05) is 18.5 Å². The highest BCUT2D eigenvalue weighted by Gasteiger charge is 2.44. The summed E-state index contributed by atoms with van der Waals surface area (Å²) in [5.74, 6) is 0.573. The lowest BCUT2D eigenvalue weighted by atomic mass is 10.1. The van der Waals surface area contributed by atoms with Gasteiger partial charge >= 0.3 is 0 Å². The highest BCUT2D eigenvalue weighted by Crippen LogP contribution is 2.32. The Labute approximate surface area is 212 Å². The van der Waals surface area contributed by atoms with Gasteiger partial charge in [-0.25, -0.2) is 15.0 Å². The van der Waals surface area contributed by atoms with Crippen LogP contribution in [0.4, 0.5) is 5.82 Å². The Morgan fingerprint density at radius 2 is 1.76 bits per heavy atom. The molecule has 5 aromatic rings. The summed E-state index contributed by atoms with van der Waals surface area (Å²) in [6, 6.07) is 18.8. The van der Waals surface area contributed by atoms with Crippen LogP contribution in [0, 0.1) is 0 Å². The number of imidazole rings is 1. The van der Waals surface area contributed by atoms with Gasteiger partial charge in [0.05, 0.1) is 12.9 Å². The van der Waals surface area contributed by atoms with Crippen molar-refractivity contribution in [2.24, 2.45) is 0 Å². The third-order valence-electron chi connectivity index (χ3n) is 6.90. The molecular formula is C27H28N6O4. The summed E-state index contributed by atoms with van der Waals surface area (Å²) in [5, 5.41) is 34.5. The molecule has 6 rings (SSSR count). The van der Waals surface area contributed by atoms with Crippen molar-refractivity contribution >= 4 is 27.9 Å². The van der Waals surface area contributed by atoms with E-state index in [9.17, 15) is 15.3 Å². The normalized spacial score (nSPS) is 21.7. The largest absolute Gasteiger partial charge is 0.394 e. The molecule has 0 bridgehead atoms. The molecule has 0 spiro atoms. The summed E-state index contributed by atoms with van der Waals surface area (Å²) >= 11 is 0. The lowest BCUT2D eigenvalue weighted by molar-refractivity contribution is -0.0511. The molecule has 3 aromatic heterocycles. The molecular weight excluding hydrogens is 472 g/mol. The van der Waals surface area contributed by atoms with Gasteiger partial charge in [-0.2, -0.15) is 0 Å². The lowest BCUT2D eigenvalue weighted by Crippen LogP contribution is -2.33. The fourth-order valence-corrected chi connectivity index (χ4v) is 5.03. The minimum atomic E-state index is -1.21. The molecule has 4 atom stereocenters. The maximum Gasteiger partial charge on any atom is 0.167 e. The SMILES string of the molecule is OC[C@H]1OC(n2cnc3c(NCCc4cn(Cc5ccccc5)c5ccccc45)ncnc32)[C@H](O)[C@@H]1O. The summed E-state index contributed by atoms with van der Waals surface area (Å²) in [6.07, 6.45) is 1.73. The minimum Gasteiger partial charge on any atom is -0.394 e. The third-order valence-corrected chi connectivity index (χ3v) is 6.90. The predicted octanol–water partition coefficient (Wildman–Crippen LogP) is 2.10. The zero-order valence-corrected chi connectivity index (χ0v) is 20.1. The number of benzene rings is 2. The molecule has 2 aromatic carbocycles. The molecule has 1 unspecified atom stereocenters. The molecule has 4 N–H and O–H groups in total. The number of nitrogens with one attached hydrogen (secondary N) is 1. The van der Waals surface area contributed by atoms with Gasteiger partial charge in [-0.1, -0.05) is 48.5 Å². The summed E-state index contributed by atoms with van der Waals surface area (Å²) in [6.45, 7) is 1.04. The van der Waals surface area contributed by atoms with Crippen LogP contribution < -0.4 is 5.32 Å². The van der Waals surface area contributed by atoms with Gasteiger partial charge in [-0.15, -0.1) is 0 Å². The minimum absolute atomic E-state index is 0.398. The Hall–Kier alpha value is -3.83. The average molecular weight is 501 g/mol. The second-order valence-electron chi connectivity index (χ2n) is 9.24. The number of ether oxygens (including phenoxy) is 1. The Morgan fingerprint density at radius 3 is 2.57 bits per heavy atom. The van der Waals surface area contributed by atoms with Crippen molar-refractivity contribution in [3.63, 3.8) is 0 Å². The summed E-state index contributed by atoms with van der Waals surface area (Å²) in [4.78, 5) is 13.1. The van der Waals surface area contributed by atoms with Crippen LogP contribution in [-0.2, 0) is 17.7 Å². The first-order chi connectivity index (χ1) is 18.1. The third kappa shape index (κ3) is 4.34. The number of para-hydroxylation sites is 1. The zero-order chi connectivity index (χ0) is 25.4. The fraction of sp³-hybridized carbons (Fsp3) is 0.296. The molecule has 1 aliphatic heterocycles. The van der Waals surface area contributed by atoms with Gasteiger partial charge in [0.15, 0.2) is 23.2 Å². The van der Waals surface area contributed by atoms with Crippen molar-refractivity contribution in [1.29, 1.82) is 0 Å². The van der Waals surface area contributed by atoms with Gasteiger partial charge in [0, 0.05) is 30.2 Å². The summed E-state index contributed by atoms with van der Waals surface area (Å²) in [7, 11) is 0. The Morgan fingerprint density at radius 1 is 0.946 bits per heavy atom. The van der Waals surface area contributed by atoms with Gasteiger partial charge in [0.1, 0.15) is 24.6 Å². The second-order valence-corrected chi connectivity index (χ2v) is 9.24. The van der Waals surface area contributed by atoms with E-state index in [4.69, 9.17) is 4.74 Å². The Bertz CT molecular complexity index is 1520. The van der Waals surface area contributed by atoms with Gasteiger partial charge in [-0.3, -0.25) is 4.57 Å². The quantitative estimate of drug-likeness (QED) is 0.255. The van der Waals surface area contributed by atoms with E-state index < -0.39 is 31.1 Å². The van der Waals surface area contributed by atoms with E-state index in [1.807, 2.05) is 6.07 Å². The number of hydrogen-bond donors (Lipinski definition) is 4. The molecule has 1 saturated heterocycles. The number of nitrogens with zero attached hydrogens (tertiary/aromatic N) is 5. The van der Waals surface area contributed by atoms with Crippen LogP contribution in [-0.4, -0.2) is 70.9 Å². The number of hydrogen-bond acceptors (Lipinski definition) is 8. The van der Waals surface area contributed by atoms with E-state index in [0.29, 0.717) is 23.5 Å². The average Bonchev–Trinajstić information content (AvgIpc) is 3.59. The smallest absolute Gasteiger partial charge is 0.167 e. The Kier molecular flexibility index (Phi) is 6.31. The van der Waals surface area contributed by atoms with Crippen LogP contribution in [0.2, 0.25) is 0 Å². The first-order valence-corrected chi connectivity index (χ1v) is 12.3. The van der Waals surface area contributed by atoms with E-state index in [1.165, 1.54) is 34.7 Å². The van der Waals surface area contributed by atoms with Crippen molar-refractivity contribution in [1.82, 2.24) is 24.1 Å². The van der Waals surface area contributed by atoms with E-state index >= 15 is 0 Å². The van der Waals surface area contributed by atoms with Crippen LogP contribution in [0.15, 0.2) is 73.4 Å². The highest BCUT2D eigenvalue weighted by atomic mass is 16.6. The maximum absolute atomic E-state index is 10.4. The zero-order valence-electron chi connectivity index (χ0n) is 20.1. The fourth-order valence-electron chi connectivity index (χ4n) is 5.03. The first-order valence-electron chi connectivity index (χ1n) is 12.3. The van der Waals surface area contributed by atoms with Gasteiger partial charge in [0.2, 0.25) is 0 Å². The van der Waals surface area contributed by atoms with Crippen molar-refractivity contribution in [3.8, 4) is 0 Å². The number of rotatable bonds is 8. The van der Waals surface area contributed by atoms with Gasteiger partial charge < -0.3 is 29.9 Å². The van der Waals surface area contributed by atoms with E-state index in [1.54, 1.807) is 4.57 Å². The monoisotopic (exact) mass is 500 g/mol. The van der Waals surface area contributed by atoms with Crippen molar-refractivity contribution in [2.45, 2.75) is 37.5 Å². The van der Waals surface area contributed by atoms with Crippen molar-refractivity contribution in [3.05, 3.63) is 84.6 Å². The van der Waals surface area contributed by atoms with E-state index in [-0.39, 0.29) is 0 Å². The van der Waals surface area contributed by atoms with E-state index in [0.717, 1.165) is 13.0 Å². The van der Waals surface area contributed by atoms with Gasteiger partial charge in [0.25, 0.3) is 0 Å². The molecule has 10 heteroatoms. The standard InChI is InChI=1S/C27H28N6O4/c34-14-21-23(35)24(36)27(37-21)33-16-31-22-25(29-15-30-26(22)33)28-11-10-18-13-32(12-17-6-2-1-3-7-17)20-9-5-4-8-19(18)20/h1-9,13,15-16,21,23-24,27,34-36H,10-12,14H2,(H,28,29,30)/t21-,23-,24-,27?/m1/s1. The second kappa shape index (κ2) is 9.91. The number of anilines is 1. The molecule has 0 saturated carbocycles.